The van der Waals surface area contributed by atoms with E-state index in [0.717, 1.165) is 11.8 Å². The molecule has 0 unspecified atom stereocenters. The normalized spacial score (nSPS) is 36.5. The summed E-state index contributed by atoms with van der Waals surface area (Å²) in [5.74, 6) is 3.37. The van der Waals surface area contributed by atoms with Gasteiger partial charge in [-0.15, -0.1) is 0 Å². The average molecular weight is 286 g/mol. The van der Waals surface area contributed by atoms with E-state index in [2.05, 4.69) is 0 Å². The standard InChI is InChI=1S/C18H22O3/c1-20-16-5-3-2-4-15(16)18(19)21-17-13-7-11-6-12(9-13)10-14(17)8-11/h2-5,11-14,17H,6-10H2,1H3. The molecule has 21 heavy (non-hydrogen) atoms. The molecule has 4 aliphatic rings. The van der Waals surface area contributed by atoms with E-state index < -0.39 is 0 Å². The molecule has 4 bridgehead atoms. The van der Waals surface area contributed by atoms with Gasteiger partial charge in [-0.3, -0.25) is 0 Å². The second-order valence-electron chi connectivity index (χ2n) is 7.00. The first-order chi connectivity index (χ1) is 10.2. The predicted molar refractivity (Wildman–Crippen MR) is 79.2 cm³/mol. The number of methoxy groups -OCH3 is 1. The number of rotatable bonds is 3. The van der Waals surface area contributed by atoms with E-state index in [4.69, 9.17) is 9.47 Å². The molecular formula is C18H22O3. The highest BCUT2D eigenvalue weighted by molar-refractivity contribution is 5.92. The number of carbonyl (C=O) groups excluding carboxylic acids is 1. The van der Waals surface area contributed by atoms with Gasteiger partial charge in [0.2, 0.25) is 0 Å². The monoisotopic (exact) mass is 286 g/mol. The highest BCUT2D eigenvalue weighted by Gasteiger charge is 2.50. The number of benzene rings is 1. The summed E-state index contributed by atoms with van der Waals surface area (Å²) in [7, 11) is 1.59. The minimum absolute atomic E-state index is 0.134. The Hall–Kier alpha value is -1.51. The van der Waals surface area contributed by atoms with E-state index in [9.17, 15) is 4.79 Å². The zero-order valence-electron chi connectivity index (χ0n) is 12.5. The second-order valence-corrected chi connectivity index (χ2v) is 7.00. The van der Waals surface area contributed by atoms with Gasteiger partial charge in [-0.1, -0.05) is 12.1 Å². The molecule has 3 nitrogen and oxygen atoms in total. The van der Waals surface area contributed by atoms with Gasteiger partial charge in [0.15, 0.2) is 0 Å². The Kier molecular flexibility index (Phi) is 3.16. The molecule has 4 aliphatic carbocycles. The summed E-state index contributed by atoms with van der Waals surface area (Å²) in [5, 5.41) is 0. The molecule has 0 N–H and O–H groups in total. The van der Waals surface area contributed by atoms with Crippen LogP contribution in [-0.2, 0) is 4.74 Å². The van der Waals surface area contributed by atoms with Crippen LogP contribution in [0.1, 0.15) is 42.5 Å². The van der Waals surface area contributed by atoms with Crippen LogP contribution in [0.3, 0.4) is 0 Å². The third kappa shape index (κ3) is 2.23. The average Bonchev–Trinajstić information content (AvgIpc) is 2.50. The lowest BCUT2D eigenvalue weighted by Gasteiger charge is -2.53. The van der Waals surface area contributed by atoms with Crippen LogP contribution in [0.5, 0.6) is 5.75 Å². The minimum Gasteiger partial charge on any atom is -0.496 e. The molecule has 0 aromatic heterocycles. The molecule has 0 amide bonds. The van der Waals surface area contributed by atoms with Crippen LogP contribution < -0.4 is 4.74 Å². The number of ether oxygens (including phenoxy) is 2. The quantitative estimate of drug-likeness (QED) is 0.795. The van der Waals surface area contributed by atoms with Crippen LogP contribution in [0.25, 0.3) is 0 Å². The number of para-hydroxylation sites is 1. The molecule has 1 aromatic rings. The Bertz CT molecular complexity index is 523. The van der Waals surface area contributed by atoms with Crippen molar-refractivity contribution in [2.24, 2.45) is 23.7 Å². The largest absolute Gasteiger partial charge is 0.496 e. The summed E-state index contributed by atoms with van der Waals surface area (Å²) in [6.45, 7) is 0. The number of hydrogen-bond acceptors (Lipinski definition) is 3. The molecule has 112 valence electrons. The molecular weight excluding hydrogens is 264 g/mol. The van der Waals surface area contributed by atoms with E-state index >= 15 is 0 Å². The maximum atomic E-state index is 12.5. The van der Waals surface area contributed by atoms with Crippen LogP contribution in [-0.4, -0.2) is 19.2 Å². The second kappa shape index (κ2) is 5.04. The molecule has 0 saturated heterocycles. The topological polar surface area (TPSA) is 35.5 Å². The Balaban J connectivity index is 1.52. The summed E-state index contributed by atoms with van der Waals surface area (Å²) in [6.07, 6.45) is 6.59. The van der Waals surface area contributed by atoms with Gasteiger partial charge in [0.25, 0.3) is 0 Å². The van der Waals surface area contributed by atoms with Crippen molar-refractivity contribution >= 4 is 5.97 Å². The maximum Gasteiger partial charge on any atom is 0.342 e. The first-order valence-corrected chi connectivity index (χ1v) is 8.08. The SMILES string of the molecule is COc1ccccc1C(=O)OC1C2CC3CC(C2)CC1C3. The smallest absolute Gasteiger partial charge is 0.342 e. The van der Waals surface area contributed by atoms with E-state index in [-0.39, 0.29) is 12.1 Å². The zero-order chi connectivity index (χ0) is 14.4. The summed E-state index contributed by atoms with van der Waals surface area (Å²) < 4.78 is 11.2. The van der Waals surface area contributed by atoms with Crippen LogP contribution in [0.2, 0.25) is 0 Å². The van der Waals surface area contributed by atoms with Crippen molar-refractivity contribution in [2.45, 2.75) is 38.2 Å². The van der Waals surface area contributed by atoms with Crippen molar-refractivity contribution in [1.82, 2.24) is 0 Å². The first kappa shape index (κ1) is 13.2. The molecule has 1 aromatic carbocycles. The van der Waals surface area contributed by atoms with Crippen LogP contribution in [0.4, 0.5) is 0 Å². The molecule has 0 aliphatic heterocycles. The van der Waals surface area contributed by atoms with Crippen molar-refractivity contribution in [1.29, 1.82) is 0 Å². The minimum atomic E-state index is -0.218. The van der Waals surface area contributed by atoms with Gasteiger partial charge in [0.1, 0.15) is 17.4 Å². The van der Waals surface area contributed by atoms with Gasteiger partial charge in [-0.25, -0.2) is 4.79 Å². The number of esters is 1. The van der Waals surface area contributed by atoms with Crippen molar-refractivity contribution in [2.75, 3.05) is 7.11 Å². The first-order valence-electron chi connectivity index (χ1n) is 8.08. The van der Waals surface area contributed by atoms with E-state index in [1.165, 1.54) is 32.1 Å². The van der Waals surface area contributed by atoms with E-state index in [1.54, 1.807) is 13.2 Å². The lowest BCUT2D eigenvalue weighted by molar-refractivity contribution is -0.101. The van der Waals surface area contributed by atoms with E-state index in [1.807, 2.05) is 18.2 Å². The van der Waals surface area contributed by atoms with Gasteiger partial charge in [-0.2, -0.15) is 0 Å². The van der Waals surface area contributed by atoms with Crippen LogP contribution in [0.15, 0.2) is 24.3 Å². The predicted octanol–water partition coefficient (Wildman–Crippen LogP) is 3.68. The van der Waals surface area contributed by atoms with Gasteiger partial charge in [0, 0.05) is 0 Å². The molecule has 4 saturated carbocycles. The Morgan fingerprint density at radius 2 is 1.62 bits per heavy atom. The molecule has 0 heterocycles. The molecule has 0 spiro atoms. The summed E-state index contributed by atoms with van der Waals surface area (Å²) >= 11 is 0. The van der Waals surface area contributed by atoms with Crippen molar-refractivity contribution < 1.29 is 14.3 Å². The van der Waals surface area contributed by atoms with Crippen LogP contribution >= 0.6 is 0 Å². The fourth-order valence-electron chi connectivity index (χ4n) is 5.07. The molecule has 4 fully saturated rings. The zero-order valence-corrected chi connectivity index (χ0v) is 12.5. The lowest BCUT2D eigenvalue weighted by atomic mass is 9.55. The van der Waals surface area contributed by atoms with Gasteiger partial charge in [0.05, 0.1) is 7.11 Å². The van der Waals surface area contributed by atoms with Crippen LogP contribution in [0, 0.1) is 23.7 Å². The van der Waals surface area contributed by atoms with E-state index in [0.29, 0.717) is 23.1 Å². The lowest BCUT2D eigenvalue weighted by Crippen LogP contribution is -2.50. The third-order valence-electron chi connectivity index (χ3n) is 5.71. The fourth-order valence-corrected chi connectivity index (χ4v) is 5.07. The summed E-state index contributed by atoms with van der Waals surface area (Å²) in [4.78, 5) is 12.5. The highest BCUT2D eigenvalue weighted by atomic mass is 16.5. The Morgan fingerprint density at radius 3 is 2.24 bits per heavy atom. The van der Waals surface area contributed by atoms with Crippen molar-refractivity contribution in [3.05, 3.63) is 29.8 Å². The molecule has 0 radical (unpaired) electrons. The molecule has 5 rings (SSSR count). The van der Waals surface area contributed by atoms with Gasteiger partial charge in [-0.05, 0) is 67.9 Å². The van der Waals surface area contributed by atoms with Crippen molar-refractivity contribution in [3.8, 4) is 5.75 Å². The fraction of sp³-hybridized carbons (Fsp3) is 0.611. The summed E-state index contributed by atoms with van der Waals surface area (Å²) in [5.41, 5.74) is 0.550. The number of hydrogen-bond donors (Lipinski definition) is 0. The Morgan fingerprint density at radius 1 is 1.00 bits per heavy atom. The Labute approximate surface area is 125 Å². The molecule has 3 heteroatoms. The van der Waals surface area contributed by atoms with Gasteiger partial charge >= 0.3 is 5.97 Å². The maximum absolute atomic E-state index is 12.5. The highest BCUT2D eigenvalue weighted by Crippen LogP contribution is 2.54. The summed E-state index contributed by atoms with van der Waals surface area (Å²) in [6, 6.07) is 7.33. The van der Waals surface area contributed by atoms with Crippen molar-refractivity contribution in [3.63, 3.8) is 0 Å². The van der Waals surface area contributed by atoms with Gasteiger partial charge < -0.3 is 9.47 Å². The number of carbonyl (C=O) groups is 1. The third-order valence-corrected chi connectivity index (χ3v) is 5.71. The molecule has 0 atom stereocenters.